The Morgan fingerprint density at radius 2 is 2.00 bits per heavy atom. The molecule has 0 saturated heterocycles. The molecule has 0 spiro atoms. The van der Waals surface area contributed by atoms with Crippen molar-refractivity contribution >= 4 is 5.91 Å². The van der Waals surface area contributed by atoms with Gasteiger partial charge in [0, 0.05) is 12.0 Å². The predicted octanol–water partition coefficient (Wildman–Crippen LogP) is 2.31. The first-order chi connectivity index (χ1) is 6.54. The van der Waals surface area contributed by atoms with Crippen molar-refractivity contribution in [2.24, 2.45) is 5.41 Å². The molecule has 0 aliphatic rings. The average Bonchev–Trinajstić information content (AvgIpc) is 2.17. The minimum atomic E-state index is -0.284. The number of nitrogens with one attached hydrogen (secondary N) is 1. The second kappa shape index (κ2) is 6.82. The lowest BCUT2D eigenvalue weighted by Crippen LogP contribution is -2.37. The molecular formula is C11H23NO2. The van der Waals surface area contributed by atoms with Crippen molar-refractivity contribution in [3.8, 4) is 0 Å². The van der Waals surface area contributed by atoms with Crippen LogP contribution in [0.1, 0.15) is 47.0 Å². The van der Waals surface area contributed by atoms with Crippen molar-refractivity contribution in [2.45, 2.75) is 47.0 Å². The van der Waals surface area contributed by atoms with E-state index in [1.54, 1.807) is 0 Å². The van der Waals surface area contributed by atoms with Crippen molar-refractivity contribution in [1.29, 1.82) is 0 Å². The number of carbonyl (C=O) groups is 1. The minimum absolute atomic E-state index is 0.0662. The Morgan fingerprint density at radius 3 is 2.50 bits per heavy atom. The van der Waals surface area contributed by atoms with E-state index < -0.39 is 0 Å². The van der Waals surface area contributed by atoms with E-state index in [1.165, 1.54) is 0 Å². The molecule has 0 radical (unpaired) electrons. The number of rotatable bonds is 7. The molecule has 0 aromatic carbocycles. The molecule has 1 amide bonds. The van der Waals surface area contributed by atoms with E-state index in [9.17, 15) is 4.79 Å². The van der Waals surface area contributed by atoms with Crippen LogP contribution in [0.25, 0.3) is 0 Å². The summed E-state index contributed by atoms with van der Waals surface area (Å²) >= 11 is 0. The van der Waals surface area contributed by atoms with Crippen LogP contribution in [0.5, 0.6) is 0 Å². The molecule has 3 heteroatoms. The van der Waals surface area contributed by atoms with Gasteiger partial charge in [-0.1, -0.05) is 34.1 Å². The Labute approximate surface area is 87.2 Å². The highest BCUT2D eigenvalue weighted by Gasteiger charge is 2.24. The van der Waals surface area contributed by atoms with Crippen molar-refractivity contribution in [2.75, 3.05) is 13.3 Å². The number of unbranched alkanes of at least 4 members (excludes halogenated alkanes) is 1. The highest BCUT2D eigenvalue weighted by Crippen LogP contribution is 2.18. The third-order valence-corrected chi connectivity index (χ3v) is 2.48. The fraction of sp³-hybridized carbons (Fsp3) is 0.909. The van der Waals surface area contributed by atoms with Crippen molar-refractivity contribution in [3.05, 3.63) is 0 Å². The number of hydrogen-bond acceptors (Lipinski definition) is 2. The molecule has 0 aromatic rings. The molecule has 0 rings (SSSR count). The largest absolute Gasteiger partial charge is 0.361 e. The van der Waals surface area contributed by atoms with E-state index in [1.807, 2.05) is 20.8 Å². The summed E-state index contributed by atoms with van der Waals surface area (Å²) in [5, 5.41) is 2.77. The van der Waals surface area contributed by atoms with Crippen LogP contribution in [-0.4, -0.2) is 19.2 Å². The zero-order chi connectivity index (χ0) is 11.0. The Bertz CT molecular complexity index is 167. The highest BCUT2D eigenvalue weighted by molar-refractivity contribution is 5.81. The van der Waals surface area contributed by atoms with E-state index in [2.05, 4.69) is 12.2 Å². The van der Waals surface area contributed by atoms with Crippen LogP contribution in [0.2, 0.25) is 0 Å². The molecule has 14 heavy (non-hydrogen) atoms. The van der Waals surface area contributed by atoms with Gasteiger partial charge in [-0.05, 0) is 12.8 Å². The van der Waals surface area contributed by atoms with E-state index in [-0.39, 0.29) is 11.3 Å². The Morgan fingerprint density at radius 1 is 1.36 bits per heavy atom. The Hall–Kier alpha value is -0.570. The van der Waals surface area contributed by atoms with Crippen LogP contribution in [0, 0.1) is 5.41 Å². The summed E-state index contributed by atoms with van der Waals surface area (Å²) in [7, 11) is 0. The fourth-order valence-corrected chi connectivity index (χ4v) is 0.835. The zero-order valence-corrected chi connectivity index (χ0v) is 9.85. The SMILES string of the molecule is CCCCOCNC(=O)C(C)(C)CC. The van der Waals surface area contributed by atoms with E-state index in [0.29, 0.717) is 6.73 Å². The molecule has 0 saturated carbocycles. The lowest BCUT2D eigenvalue weighted by atomic mass is 9.89. The smallest absolute Gasteiger partial charge is 0.227 e. The summed E-state index contributed by atoms with van der Waals surface area (Å²) in [6.45, 7) is 9.06. The van der Waals surface area contributed by atoms with Gasteiger partial charge < -0.3 is 10.1 Å². The lowest BCUT2D eigenvalue weighted by Gasteiger charge is -2.21. The topological polar surface area (TPSA) is 38.3 Å². The normalized spacial score (nSPS) is 11.4. The first kappa shape index (κ1) is 13.4. The maximum atomic E-state index is 11.5. The van der Waals surface area contributed by atoms with Gasteiger partial charge in [0.1, 0.15) is 6.73 Å². The maximum absolute atomic E-state index is 11.5. The number of hydrogen-bond donors (Lipinski definition) is 1. The molecule has 0 aliphatic carbocycles. The minimum Gasteiger partial charge on any atom is -0.361 e. The zero-order valence-electron chi connectivity index (χ0n) is 9.85. The van der Waals surface area contributed by atoms with Gasteiger partial charge in [0.05, 0.1) is 0 Å². The van der Waals surface area contributed by atoms with Crippen molar-refractivity contribution < 1.29 is 9.53 Å². The fourth-order valence-electron chi connectivity index (χ4n) is 0.835. The van der Waals surface area contributed by atoms with Crippen molar-refractivity contribution in [3.63, 3.8) is 0 Å². The lowest BCUT2D eigenvalue weighted by molar-refractivity contribution is -0.131. The summed E-state index contributed by atoms with van der Waals surface area (Å²) in [5.41, 5.74) is -0.284. The Kier molecular flexibility index (Phi) is 6.54. The Balaban J connectivity index is 3.54. The monoisotopic (exact) mass is 201 g/mol. The summed E-state index contributed by atoms with van der Waals surface area (Å²) in [4.78, 5) is 11.5. The van der Waals surface area contributed by atoms with Crippen LogP contribution >= 0.6 is 0 Å². The molecule has 84 valence electrons. The first-order valence-electron chi connectivity index (χ1n) is 5.40. The average molecular weight is 201 g/mol. The van der Waals surface area contributed by atoms with Crippen LogP contribution in [0.15, 0.2) is 0 Å². The highest BCUT2D eigenvalue weighted by atomic mass is 16.5. The van der Waals surface area contributed by atoms with Gasteiger partial charge in [-0.15, -0.1) is 0 Å². The van der Waals surface area contributed by atoms with E-state index >= 15 is 0 Å². The summed E-state index contributed by atoms with van der Waals surface area (Å²) in [5.74, 6) is 0.0662. The number of amides is 1. The molecule has 3 nitrogen and oxygen atoms in total. The quantitative estimate of drug-likeness (QED) is 0.507. The molecule has 0 bridgehead atoms. The van der Waals surface area contributed by atoms with Gasteiger partial charge >= 0.3 is 0 Å². The number of ether oxygens (including phenoxy) is 1. The van der Waals surface area contributed by atoms with Crippen LogP contribution in [0.3, 0.4) is 0 Å². The molecule has 0 fully saturated rings. The molecule has 0 unspecified atom stereocenters. The van der Waals surface area contributed by atoms with Gasteiger partial charge in [0.25, 0.3) is 0 Å². The van der Waals surface area contributed by atoms with Gasteiger partial charge in [-0.3, -0.25) is 4.79 Å². The van der Waals surface area contributed by atoms with Gasteiger partial charge in [0.2, 0.25) is 5.91 Å². The second-order valence-electron chi connectivity index (χ2n) is 4.15. The van der Waals surface area contributed by atoms with Crippen LogP contribution in [0.4, 0.5) is 0 Å². The molecule has 0 heterocycles. The third kappa shape index (κ3) is 5.22. The van der Waals surface area contributed by atoms with Crippen LogP contribution in [-0.2, 0) is 9.53 Å². The molecule has 0 atom stereocenters. The summed E-state index contributed by atoms with van der Waals surface area (Å²) in [6, 6.07) is 0. The third-order valence-electron chi connectivity index (χ3n) is 2.48. The number of carbonyl (C=O) groups excluding carboxylic acids is 1. The standard InChI is InChI=1S/C11H23NO2/c1-5-7-8-14-9-12-10(13)11(3,4)6-2/h5-9H2,1-4H3,(H,12,13). The summed E-state index contributed by atoms with van der Waals surface area (Å²) < 4.78 is 5.25. The second-order valence-corrected chi connectivity index (χ2v) is 4.15. The van der Waals surface area contributed by atoms with Gasteiger partial charge in [0.15, 0.2) is 0 Å². The maximum Gasteiger partial charge on any atom is 0.227 e. The van der Waals surface area contributed by atoms with Gasteiger partial charge in [-0.25, -0.2) is 0 Å². The van der Waals surface area contributed by atoms with Gasteiger partial charge in [-0.2, -0.15) is 0 Å². The first-order valence-corrected chi connectivity index (χ1v) is 5.40. The predicted molar refractivity (Wildman–Crippen MR) is 57.9 cm³/mol. The van der Waals surface area contributed by atoms with E-state index in [4.69, 9.17) is 4.74 Å². The van der Waals surface area contributed by atoms with Crippen LogP contribution < -0.4 is 5.32 Å². The van der Waals surface area contributed by atoms with E-state index in [0.717, 1.165) is 25.9 Å². The molecule has 1 N–H and O–H groups in total. The van der Waals surface area contributed by atoms with Crippen molar-refractivity contribution in [1.82, 2.24) is 5.32 Å². The molecule has 0 aromatic heterocycles. The summed E-state index contributed by atoms with van der Waals surface area (Å²) in [6.07, 6.45) is 3.01. The molecular weight excluding hydrogens is 178 g/mol. The molecule has 0 aliphatic heterocycles.